The van der Waals surface area contributed by atoms with E-state index in [1.54, 1.807) is 0 Å². The van der Waals surface area contributed by atoms with Gasteiger partial charge in [0.1, 0.15) is 5.02 Å². The van der Waals surface area contributed by atoms with Gasteiger partial charge in [0.15, 0.2) is 5.82 Å². The van der Waals surface area contributed by atoms with Gasteiger partial charge in [-0.15, -0.1) is 0 Å². The molecule has 0 unspecified atom stereocenters. The SMILES string of the molecule is CN(c1nc(Cl)ncc1Cl)[C@@H]1CCCC[C@H]1CS(N)(=O)=O. The summed E-state index contributed by atoms with van der Waals surface area (Å²) in [6.45, 7) is 0. The number of primary sulfonamides is 1. The summed E-state index contributed by atoms with van der Waals surface area (Å²) in [7, 11) is -1.67. The molecule has 0 spiro atoms. The van der Waals surface area contributed by atoms with Crippen LogP contribution in [-0.2, 0) is 10.0 Å². The fraction of sp³-hybridized carbons (Fsp3) is 0.667. The third-order valence-electron chi connectivity index (χ3n) is 3.84. The van der Waals surface area contributed by atoms with Crippen molar-refractivity contribution in [2.45, 2.75) is 31.7 Å². The summed E-state index contributed by atoms with van der Waals surface area (Å²) in [5, 5.41) is 5.70. The van der Waals surface area contributed by atoms with Crippen LogP contribution in [0.3, 0.4) is 0 Å². The Morgan fingerprint density at radius 1 is 1.38 bits per heavy atom. The zero-order chi connectivity index (χ0) is 15.6. The van der Waals surface area contributed by atoms with Crippen LogP contribution in [-0.4, -0.2) is 37.2 Å². The predicted octanol–water partition coefficient (Wildman–Crippen LogP) is 2.07. The molecule has 118 valence electrons. The Morgan fingerprint density at radius 3 is 2.71 bits per heavy atom. The number of anilines is 1. The van der Waals surface area contributed by atoms with E-state index in [-0.39, 0.29) is 23.0 Å². The van der Waals surface area contributed by atoms with Gasteiger partial charge in [0.25, 0.3) is 0 Å². The van der Waals surface area contributed by atoms with Gasteiger partial charge >= 0.3 is 0 Å². The zero-order valence-electron chi connectivity index (χ0n) is 11.7. The van der Waals surface area contributed by atoms with E-state index in [0.29, 0.717) is 10.8 Å². The molecule has 1 aliphatic rings. The van der Waals surface area contributed by atoms with Crippen LogP contribution >= 0.6 is 23.2 Å². The quantitative estimate of drug-likeness (QED) is 0.837. The number of aromatic nitrogens is 2. The van der Waals surface area contributed by atoms with E-state index < -0.39 is 10.0 Å². The summed E-state index contributed by atoms with van der Waals surface area (Å²) < 4.78 is 22.8. The molecule has 2 N–H and O–H groups in total. The van der Waals surface area contributed by atoms with Crippen molar-refractivity contribution in [3.05, 3.63) is 16.5 Å². The van der Waals surface area contributed by atoms with Gasteiger partial charge in [-0.25, -0.2) is 18.5 Å². The molecule has 1 aromatic rings. The van der Waals surface area contributed by atoms with E-state index in [0.717, 1.165) is 25.7 Å². The van der Waals surface area contributed by atoms with Crippen molar-refractivity contribution in [1.82, 2.24) is 9.97 Å². The Kier molecular flexibility index (Phi) is 5.29. The van der Waals surface area contributed by atoms with E-state index >= 15 is 0 Å². The largest absolute Gasteiger partial charge is 0.355 e. The molecule has 2 atom stereocenters. The lowest BCUT2D eigenvalue weighted by atomic mass is 9.85. The molecule has 21 heavy (non-hydrogen) atoms. The predicted molar refractivity (Wildman–Crippen MR) is 84.2 cm³/mol. The summed E-state index contributed by atoms with van der Waals surface area (Å²) in [6.07, 6.45) is 5.17. The maximum atomic E-state index is 11.4. The molecule has 1 aliphatic carbocycles. The minimum Gasteiger partial charge on any atom is -0.355 e. The molecule has 1 saturated carbocycles. The van der Waals surface area contributed by atoms with Crippen LogP contribution in [0.15, 0.2) is 6.20 Å². The highest BCUT2D eigenvalue weighted by Gasteiger charge is 2.32. The number of hydrogen-bond donors (Lipinski definition) is 1. The smallest absolute Gasteiger partial charge is 0.224 e. The Labute approximate surface area is 134 Å². The maximum Gasteiger partial charge on any atom is 0.224 e. The van der Waals surface area contributed by atoms with Gasteiger partial charge in [0, 0.05) is 13.1 Å². The molecular formula is C12H18Cl2N4O2S. The summed E-state index contributed by atoms with van der Waals surface area (Å²) in [6, 6.07) is 0.0144. The van der Waals surface area contributed by atoms with Crippen LogP contribution in [0.4, 0.5) is 5.82 Å². The van der Waals surface area contributed by atoms with E-state index in [1.165, 1.54) is 6.20 Å². The average Bonchev–Trinajstić information content (AvgIpc) is 2.39. The van der Waals surface area contributed by atoms with Crippen molar-refractivity contribution in [1.29, 1.82) is 0 Å². The van der Waals surface area contributed by atoms with E-state index in [1.807, 2.05) is 11.9 Å². The molecule has 0 aliphatic heterocycles. The zero-order valence-corrected chi connectivity index (χ0v) is 14.0. The first-order chi connectivity index (χ1) is 9.78. The van der Waals surface area contributed by atoms with Gasteiger partial charge in [-0.1, -0.05) is 24.4 Å². The minimum absolute atomic E-state index is 0.0144. The molecule has 0 amide bonds. The molecule has 6 nitrogen and oxygen atoms in total. The highest BCUT2D eigenvalue weighted by molar-refractivity contribution is 7.89. The van der Waals surface area contributed by atoms with Crippen molar-refractivity contribution >= 4 is 39.0 Å². The van der Waals surface area contributed by atoms with E-state index in [4.69, 9.17) is 28.3 Å². The van der Waals surface area contributed by atoms with Crippen LogP contribution in [0.25, 0.3) is 0 Å². The second kappa shape index (κ2) is 6.64. The summed E-state index contributed by atoms with van der Waals surface area (Å²) in [4.78, 5) is 9.87. The molecule has 2 rings (SSSR count). The highest BCUT2D eigenvalue weighted by atomic mass is 35.5. The Bertz CT molecular complexity index is 611. The van der Waals surface area contributed by atoms with Gasteiger partial charge < -0.3 is 4.90 Å². The maximum absolute atomic E-state index is 11.4. The first-order valence-corrected chi connectivity index (χ1v) is 9.16. The fourth-order valence-electron chi connectivity index (χ4n) is 2.93. The molecule has 1 aromatic heterocycles. The molecule has 0 bridgehead atoms. The van der Waals surface area contributed by atoms with Crippen molar-refractivity contribution in [3.8, 4) is 0 Å². The lowest BCUT2D eigenvalue weighted by molar-refractivity contribution is 0.321. The Morgan fingerprint density at radius 2 is 2.05 bits per heavy atom. The molecule has 0 aromatic carbocycles. The van der Waals surface area contributed by atoms with Crippen LogP contribution < -0.4 is 10.0 Å². The van der Waals surface area contributed by atoms with E-state index in [2.05, 4.69) is 9.97 Å². The molecular weight excluding hydrogens is 335 g/mol. The number of hydrogen-bond acceptors (Lipinski definition) is 5. The standard InChI is InChI=1S/C12H18Cl2N4O2S/c1-18(11-9(13)6-16-12(14)17-11)10-5-3-2-4-8(10)7-21(15,19)20/h6,8,10H,2-5,7H2,1H3,(H2,15,19,20)/t8-,10+/m0/s1. The normalized spacial score (nSPS) is 23.0. The molecule has 1 heterocycles. The van der Waals surface area contributed by atoms with Crippen LogP contribution in [0.2, 0.25) is 10.3 Å². The summed E-state index contributed by atoms with van der Waals surface area (Å²) >= 11 is 11.9. The summed E-state index contributed by atoms with van der Waals surface area (Å²) in [5.41, 5.74) is 0. The number of nitrogens with zero attached hydrogens (tertiary/aromatic N) is 3. The van der Waals surface area contributed by atoms with Gasteiger partial charge in [-0.05, 0) is 30.4 Å². The van der Waals surface area contributed by atoms with Crippen molar-refractivity contribution in [2.24, 2.45) is 11.1 Å². The topological polar surface area (TPSA) is 89.2 Å². The number of sulfonamides is 1. The second-order valence-corrected chi connectivity index (χ2v) is 7.77. The van der Waals surface area contributed by atoms with Gasteiger partial charge in [0.05, 0.1) is 11.9 Å². The Hall–Kier alpha value is -0.630. The van der Waals surface area contributed by atoms with Crippen molar-refractivity contribution < 1.29 is 8.42 Å². The fourth-order valence-corrected chi connectivity index (χ4v) is 4.27. The molecule has 0 radical (unpaired) electrons. The van der Waals surface area contributed by atoms with E-state index in [9.17, 15) is 8.42 Å². The van der Waals surface area contributed by atoms with Gasteiger partial charge in [-0.3, -0.25) is 0 Å². The van der Waals surface area contributed by atoms with Gasteiger partial charge in [-0.2, -0.15) is 4.98 Å². The lowest BCUT2D eigenvalue weighted by Gasteiger charge is -2.38. The number of nitrogens with two attached hydrogens (primary N) is 1. The lowest BCUT2D eigenvalue weighted by Crippen LogP contribution is -2.44. The molecule has 1 fully saturated rings. The number of halogens is 2. The molecule has 0 saturated heterocycles. The highest BCUT2D eigenvalue weighted by Crippen LogP contribution is 2.33. The second-order valence-electron chi connectivity index (χ2n) is 5.36. The summed E-state index contributed by atoms with van der Waals surface area (Å²) in [5.74, 6) is 0.449. The first kappa shape index (κ1) is 16.7. The Balaban J connectivity index is 2.26. The van der Waals surface area contributed by atoms with Crippen LogP contribution in [0.5, 0.6) is 0 Å². The third-order valence-corrected chi connectivity index (χ3v) is 5.18. The third kappa shape index (κ3) is 4.42. The van der Waals surface area contributed by atoms with Crippen LogP contribution in [0, 0.1) is 5.92 Å². The number of rotatable bonds is 4. The minimum atomic E-state index is -3.51. The van der Waals surface area contributed by atoms with Crippen molar-refractivity contribution in [3.63, 3.8) is 0 Å². The van der Waals surface area contributed by atoms with Crippen LogP contribution in [0.1, 0.15) is 25.7 Å². The van der Waals surface area contributed by atoms with Crippen molar-refractivity contribution in [2.75, 3.05) is 17.7 Å². The van der Waals surface area contributed by atoms with Gasteiger partial charge in [0.2, 0.25) is 15.3 Å². The monoisotopic (exact) mass is 352 g/mol. The first-order valence-electron chi connectivity index (χ1n) is 6.69. The molecule has 9 heteroatoms. The average molecular weight is 353 g/mol.